The monoisotopic (exact) mass is 284 g/mol. The molecule has 1 amide bonds. The number of nitrogens with zero attached hydrogens (tertiary/aromatic N) is 3. The first kappa shape index (κ1) is 17.4. The van der Waals surface area contributed by atoms with Gasteiger partial charge in [0.05, 0.1) is 0 Å². The van der Waals surface area contributed by atoms with Crippen molar-refractivity contribution in [3.05, 3.63) is 0 Å². The SMILES string of the molecule is CCCN(CCN(C)C)C(CN)CC(=O)N1CCCC1. The van der Waals surface area contributed by atoms with Gasteiger partial charge in [-0.3, -0.25) is 9.69 Å². The van der Waals surface area contributed by atoms with Gasteiger partial charge in [-0.15, -0.1) is 0 Å². The van der Waals surface area contributed by atoms with Crippen LogP contribution in [0.25, 0.3) is 0 Å². The van der Waals surface area contributed by atoms with E-state index in [0.717, 1.165) is 52.0 Å². The molecule has 1 fully saturated rings. The topological polar surface area (TPSA) is 52.8 Å². The molecular weight excluding hydrogens is 252 g/mol. The van der Waals surface area contributed by atoms with Gasteiger partial charge < -0.3 is 15.5 Å². The highest BCUT2D eigenvalue weighted by molar-refractivity contribution is 5.77. The molecule has 20 heavy (non-hydrogen) atoms. The highest BCUT2D eigenvalue weighted by Crippen LogP contribution is 2.12. The zero-order valence-electron chi connectivity index (χ0n) is 13.5. The lowest BCUT2D eigenvalue weighted by atomic mass is 10.1. The Morgan fingerprint density at radius 3 is 2.35 bits per heavy atom. The van der Waals surface area contributed by atoms with E-state index >= 15 is 0 Å². The Hall–Kier alpha value is -0.650. The van der Waals surface area contributed by atoms with Gasteiger partial charge in [-0.2, -0.15) is 0 Å². The molecule has 0 bridgehead atoms. The van der Waals surface area contributed by atoms with Crippen molar-refractivity contribution >= 4 is 5.91 Å². The van der Waals surface area contributed by atoms with Gasteiger partial charge in [0.1, 0.15) is 0 Å². The third-order valence-electron chi connectivity index (χ3n) is 4.00. The minimum Gasteiger partial charge on any atom is -0.343 e. The van der Waals surface area contributed by atoms with E-state index in [4.69, 9.17) is 5.73 Å². The molecule has 0 aliphatic carbocycles. The summed E-state index contributed by atoms with van der Waals surface area (Å²) in [6.07, 6.45) is 3.97. The van der Waals surface area contributed by atoms with Crippen molar-refractivity contribution in [2.45, 2.75) is 38.6 Å². The van der Waals surface area contributed by atoms with E-state index in [9.17, 15) is 4.79 Å². The molecule has 0 aromatic heterocycles. The number of carbonyl (C=O) groups is 1. The summed E-state index contributed by atoms with van der Waals surface area (Å²) < 4.78 is 0. The lowest BCUT2D eigenvalue weighted by Crippen LogP contribution is -2.47. The molecular formula is C15H32N4O. The van der Waals surface area contributed by atoms with Crippen molar-refractivity contribution in [1.82, 2.24) is 14.7 Å². The van der Waals surface area contributed by atoms with Gasteiger partial charge >= 0.3 is 0 Å². The summed E-state index contributed by atoms with van der Waals surface area (Å²) in [5.74, 6) is 0.281. The molecule has 0 aromatic carbocycles. The maximum Gasteiger partial charge on any atom is 0.224 e. The van der Waals surface area contributed by atoms with Crippen LogP contribution in [0.4, 0.5) is 0 Å². The predicted molar refractivity (Wildman–Crippen MR) is 83.7 cm³/mol. The summed E-state index contributed by atoms with van der Waals surface area (Å²) in [6, 6.07) is 0.183. The number of likely N-dealkylation sites (N-methyl/N-ethyl adjacent to an activating group) is 1. The van der Waals surface area contributed by atoms with Crippen LogP contribution < -0.4 is 5.73 Å². The zero-order valence-corrected chi connectivity index (χ0v) is 13.5. The molecule has 1 unspecified atom stereocenters. The molecule has 5 nitrogen and oxygen atoms in total. The van der Waals surface area contributed by atoms with Crippen LogP contribution in [0.2, 0.25) is 0 Å². The Labute approximate surface area is 124 Å². The van der Waals surface area contributed by atoms with E-state index in [-0.39, 0.29) is 11.9 Å². The molecule has 1 aliphatic heterocycles. The van der Waals surface area contributed by atoms with Crippen molar-refractivity contribution in [2.75, 3.05) is 53.4 Å². The summed E-state index contributed by atoms with van der Waals surface area (Å²) in [5, 5.41) is 0. The van der Waals surface area contributed by atoms with Gasteiger partial charge in [0, 0.05) is 45.2 Å². The standard InChI is InChI=1S/C15H32N4O/c1-4-7-18(11-10-17(2)3)14(13-16)12-15(20)19-8-5-6-9-19/h14H,4-13,16H2,1-3H3. The number of hydrogen-bond donors (Lipinski definition) is 1. The second kappa shape index (κ2) is 9.32. The fourth-order valence-corrected chi connectivity index (χ4v) is 2.75. The minimum atomic E-state index is 0.183. The zero-order chi connectivity index (χ0) is 15.0. The molecule has 1 atom stereocenters. The lowest BCUT2D eigenvalue weighted by Gasteiger charge is -2.32. The van der Waals surface area contributed by atoms with Crippen LogP contribution in [-0.4, -0.2) is 80.0 Å². The molecule has 0 saturated carbocycles. The number of rotatable bonds is 9. The Balaban J connectivity index is 2.51. The number of nitrogens with two attached hydrogens (primary N) is 1. The molecule has 0 aromatic rings. The van der Waals surface area contributed by atoms with Gasteiger partial charge in [-0.25, -0.2) is 0 Å². The first-order chi connectivity index (χ1) is 9.58. The van der Waals surface area contributed by atoms with Crippen LogP contribution >= 0.6 is 0 Å². The van der Waals surface area contributed by atoms with E-state index in [1.54, 1.807) is 0 Å². The summed E-state index contributed by atoms with van der Waals surface area (Å²) in [6.45, 7) is 7.61. The molecule has 1 saturated heterocycles. The maximum atomic E-state index is 12.3. The van der Waals surface area contributed by atoms with Gasteiger partial charge in [-0.05, 0) is 39.9 Å². The first-order valence-electron chi connectivity index (χ1n) is 7.95. The molecule has 1 heterocycles. The average molecular weight is 284 g/mol. The Bertz CT molecular complexity index is 277. The largest absolute Gasteiger partial charge is 0.343 e. The third-order valence-corrected chi connectivity index (χ3v) is 4.00. The van der Waals surface area contributed by atoms with E-state index < -0.39 is 0 Å². The highest BCUT2D eigenvalue weighted by atomic mass is 16.2. The molecule has 2 N–H and O–H groups in total. The van der Waals surface area contributed by atoms with E-state index in [1.165, 1.54) is 0 Å². The second-order valence-corrected chi connectivity index (χ2v) is 6.02. The Morgan fingerprint density at radius 2 is 1.85 bits per heavy atom. The van der Waals surface area contributed by atoms with Gasteiger partial charge in [-0.1, -0.05) is 6.92 Å². The summed E-state index contributed by atoms with van der Waals surface area (Å²) in [7, 11) is 4.16. The number of carbonyl (C=O) groups excluding carboxylic acids is 1. The molecule has 0 radical (unpaired) electrons. The second-order valence-electron chi connectivity index (χ2n) is 6.02. The summed E-state index contributed by atoms with van der Waals surface area (Å²) >= 11 is 0. The van der Waals surface area contributed by atoms with Crippen molar-refractivity contribution in [3.8, 4) is 0 Å². The van der Waals surface area contributed by atoms with Crippen molar-refractivity contribution in [2.24, 2.45) is 5.73 Å². The van der Waals surface area contributed by atoms with Gasteiger partial charge in [0.2, 0.25) is 5.91 Å². The molecule has 5 heteroatoms. The quantitative estimate of drug-likeness (QED) is 0.674. The predicted octanol–water partition coefficient (Wildman–Crippen LogP) is 0.600. The minimum absolute atomic E-state index is 0.183. The average Bonchev–Trinajstić information content (AvgIpc) is 2.94. The summed E-state index contributed by atoms with van der Waals surface area (Å²) in [5.41, 5.74) is 5.93. The number of likely N-dealkylation sites (tertiary alicyclic amines) is 1. The van der Waals surface area contributed by atoms with E-state index in [1.807, 2.05) is 4.90 Å². The maximum absolute atomic E-state index is 12.3. The summed E-state index contributed by atoms with van der Waals surface area (Å²) in [4.78, 5) is 18.9. The van der Waals surface area contributed by atoms with Crippen molar-refractivity contribution in [3.63, 3.8) is 0 Å². The number of hydrogen-bond acceptors (Lipinski definition) is 4. The fourth-order valence-electron chi connectivity index (χ4n) is 2.75. The Kier molecular flexibility index (Phi) is 8.11. The van der Waals surface area contributed by atoms with Crippen LogP contribution in [-0.2, 0) is 4.79 Å². The smallest absolute Gasteiger partial charge is 0.224 e. The first-order valence-corrected chi connectivity index (χ1v) is 7.95. The van der Waals surface area contributed by atoms with Crippen LogP contribution in [0, 0.1) is 0 Å². The number of amides is 1. The molecule has 1 aliphatic rings. The molecule has 118 valence electrons. The van der Waals surface area contributed by atoms with Crippen LogP contribution in [0.3, 0.4) is 0 Å². The normalized spacial score (nSPS) is 17.2. The van der Waals surface area contributed by atoms with E-state index in [0.29, 0.717) is 13.0 Å². The lowest BCUT2D eigenvalue weighted by molar-refractivity contribution is -0.131. The van der Waals surface area contributed by atoms with Crippen molar-refractivity contribution in [1.29, 1.82) is 0 Å². The highest BCUT2D eigenvalue weighted by Gasteiger charge is 2.24. The van der Waals surface area contributed by atoms with Crippen molar-refractivity contribution < 1.29 is 4.79 Å². The third kappa shape index (κ3) is 5.77. The van der Waals surface area contributed by atoms with Crippen LogP contribution in [0.15, 0.2) is 0 Å². The van der Waals surface area contributed by atoms with Gasteiger partial charge in [0.25, 0.3) is 0 Å². The Morgan fingerprint density at radius 1 is 1.20 bits per heavy atom. The molecule has 0 spiro atoms. The fraction of sp³-hybridized carbons (Fsp3) is 0.933. The van der Waals surface area contributed by atoms with E-state index in [2.05, 4.69) is 30.8 Å². The van der Waals surface area contributed by atoms with Crippen LogP contribution in [0.1, 0.15) is 32.6 Å². The van der Waals surface area contributed by atoms with Crippen LogP contribution in [0.5, 0.6) is 0 Å². The van der Waals surface area contributed by atoms with Gasteiger partial charge in [0.15, 0.2) is 0 Å². The molecule has 1 rings (SSSR count).